The molecule has 0 atom stereocenters. The number of hydrogen-bond acceptors (Lipinski definition) is 2. The maximum Gasteiger partial charge on any atom is 0.0561 e. The van der Waals surface area contributed by atoms with Crippen LogP contribution in [0.15, 0.2) is 279 Å². The third-order valence-electron chi connectivity index (χ3n) is 14.7. The van der Waals surface area contributed by atoms with Gasteiger partial charge in [0.25, 0.3) is 0 Å². The van der Waals surface area contributed by atoms with Crippen LogP contribution in [0.1, 0.15) is 25.0 Å². The zero-order valence-electron chi connectivity index (χ0n) is 40.8. The summed E-state index contributed by atoms with van der Waals surface area (Å²) in [4.78, 5) is 4.85. The Bertz CT molecular complexity index is 3860. The van der Waals surface area contributed by atoms with E-state index in [2.05, 4.69) is 312 Å². The summed E-state index contributed by atoms with van der Waals surface area (Å²) >= 11 is 0. The van der Waals surface area contributed by atoms with Crippen molar-refractivity contribution in [3.63, 3.8) is 0 Å². The van der Waals surface area contributed by atoms with Gasteiger partial charge in [-0.3, -0.25) is 0 Å². The van der Waals surface area contributed by atoms with E-state index in [1.807, 2.05) is 0 Å². The van der Waals surface area contributed by atoms with Gasteiger partial charge >= 0.3 is 0 Å². The number of fused-ring (bicyclic) bond motifs is 6. The van der Waals surface area contributed by atoms with Gasteiger partial charge in [0.05, 0.1) is 22.1 Å². The van der Waals surface area contributed by atoms with Crippen LogP contribution in [0, 0.1) is 0 Å². The maximum atomic E-state index is 2.42. The van der Waals surface area contributed by atoms with Gasteiger partial charge in [0, 0.05) is 72.5 Å². The van der Waals surface area contributed by atoms with Gasteiger partial charge in [-0.05, 0) is 125 Å². The highest BCUT2D eigenvalue weighted by Gasteiger charge is 2.25. The normalized spacial score (nSPS) is 11.7. The van der Waals surface area contributed by atoms with Crippen LogP contribution in [0.4, 0.5) is 34.1 Å². The molecular weight excluding hydrogens is 885 g/mol. The largest absolute Gasteiger partial charge is 0.310 e. The first-order valence-electron chi connectivity index (χ1n) is 25.2. The molecule has 0 N–H and O–H groups in total. The molecule has 0 aliphatic heterocycles. The lowest BCUT2D eigenvalue weighted by molar-refractivity contribution is 0.641. The lowest BCUT2D eigenvalue weighted by atomic mass is 9.78. The van der Waals surface area contributed by atoms with E-state index in [4.69, 9.17) is 0 Å². The Kier molecular flexibility index (Phi) is 10.8. The fourth-order valence-corrected chi connectivity index (χ4v) is 11.1. The Morgan fingerprint density at radius 1 is 0.260 bits per heavy atom. The van der Waals surface area contributed by atoms with Crippen molar-refractivity contribution in [3.05, 3.63) is 290 Å². The molecule has 0 saturated heterocycles. The van der Waals surface area contributed by atoms with Crippen LogP contribution in [0.3, 0.4) is 0 Å². The van der Waals surface area contributed by atoms with E-state index in [9.17, 15) is 0 Å². The summed E-state index contributed by atoms with van der Waals surface area (Å²) in [6.07, 6.45) is 0. The summed E-state index contributed by atoms with van der Waals surface area (Å²) < 4.78 is 4.80. The van der Waals surface area contributed by atoms with Gasteiger partial charge in [-0.15, -0.1) is 0 Å². The molecular formula is C69H52N4. The van der Waals surface area contributed by atoms with E-state index in [1.165, 1.54) is 43.7 Å². The predicted molar refractivity (Wildman–Crippen MR) is 308 cm³/mol. The van der Waals surface area contributed by atoms with Crippen molar-refractivity contribution in [1.29, 1.82) is 0 Å². The molecule has 73 heavy (non-hydrogen) atoms. The molecule has 13 aromatic rings. The molecule has 0 fully saturated rings. The molecule has 13 rings (SSSR count). The molecule has 2 heterocycles. The molecule has 4 heteroatoms. The van der Waals surface area contributed by atoms with Crippen LogP contribution in [-0.2, 0) is 5.41 Å². The van der Waals surface area contributed by atoms with Crippen molar-refractivity contribution in [2.75, 3.05) is 9.80 Å². The molecule has 0 aliphatic rings. The number of nitrogens with zero attached hydrogens (tertiary/aromatic N) is 4. The number of para-hydroxylation sites is 6. The lowest BCUT2D eigenvalue weighted by Gasteiger charge is -2.31. The zero-order valence-corrected chi connectivity index (χ0v) is 40.8. The van der Waals surface area contributed by atoms with Gasteiger partial charge in [0.15, 0.2) is 0 Å². The van der Waals surface area contributed by atoms with E-state index in [0.29, 0.717) is 0 Å². The number of aromatic nitrogens is 2. The topological polar surface area (TPSA) is 16.3 Å². The second-order valence-electron chi connectivity index (χ2n) is 19.4. The Morgan fingerprint density at radius 3 is 1.08 bits per heavy atom. The van der Waals surface area contributed by atoms with Crippen molar-refractivity contribution >= 4 is 77.7 Å². The third-order valence-corrected chi connectivity index (χ3v) is 14.7. The van der Waals surface area contributed by atoms with Crippen molar-refractivity contribution in [3.8, 4) is 22.5 Å². The van der Waals surface area contributed by atoms with Gasteiger partial charge in [-0.25, -0.2) is 0 Å². The Morgan fingerprint density at radius 2 is 0.630 bits per heavy atom. The van der Waals surface area contributed by atoms with Crippen LogP contribution in [-0.4, -0.2) is 9.13 Å². The summed E-state index contributed by atoms with van der Waals surface area (Å²) in [6, 6.07) is 102. The van der Waals surface area contributed by atoms with Crippen LogP contribution in [0.25, 0.3) is 66.1 Å². The van der Waals surface area contributed by atoms with E-state index in [1.54, 1.807) is 0 Å². The quantitative estimate of drug-likeness (QED) is 0.128. The van der Waals surface area contributed by atoms with Gasteiger partial charge in [-0.2, -0.15) is 0 Å². The van der Waals surface area contributed by atoms with E-state index >= 15 is 0 Å². The summed E-state index contributed by atoms with van der Waals surface area (Å²) in [7, 11) is 0. The number of anilines is 6. The molecule has 11 aromatic carbocycles. The molecule has 0 radical (unpaired) electrons. The van der Waals surface area contributed by atoms with Crippen LogP contribution in [0.5, 0.6) is 0 Å². The Hall–Kier alpha value is -9.38. The summed E-state index contributed by atoms with van der Waals surface area (Å²) in [5.41, 5.74) is 17.8. The van der Waals surface area contributed by atoms with Crippen LogP contribution >= 0.6 is 0 Å². The van der Waals surface area contributed by atoms with E-state index < -0.39 is 0 Å². The third kappa shape index (κ3) is 7.72. The van der Waals surface area contributed by atoms with E-state index in [0.717, 1.165) is 67.7 Å². The molecule has 0 saturated carbocycles. The first-order valence-corrected chi connectivity index (χ1v) is 25.2. The summed E-state index contributed by atoms with van der Waals surface area (Å²) in [5.74, 6) is 0. The average molecular weight is 937 g/mol. The minimum atomic E-state index is -0.178. The highest BCUT2D eigenvalue weighted by molar-refractivity contribution is 6.12. The molecule has 0 unspecified atom stereocenters. The maximum absolute atomic E-state index is 2.42. The van der Waals surface area contributed by atoms with Crippen LogP contribution in [0.2, 0.25) is 0 Å². The molecule has 0 bridgehead atoms. The summed E-state index contributed by atoms with van der Waals surface area (Å²) in [5, 5.41) is 4.87. The van der Waals surface area contributed by atoms with Gasteiger partial charge < -0.3 is 18.9 Å². The van der Waals surface area contributed by atoms with Gasteiger partial charge in [0.1, 0.15) is 0 Å². The molecule has 2 aromatic heterocycles. The standard InChI is InChI=1S/C69H52N4/c1-69(2,51-22-8-3-9-23-51)52-38-36-49(37-39-52)50-44-59(70(53-24-10-4-11-25-53)57-40-42-63-61-32-18-20-34-65(61)72(67(63)47-57)55-28-14-6-15-29-55)46-60(45-50)71(54-26-12-5-13-27-54)58-41-43-64-62-33-19-21-35-66(62)73(68(64)48-58)56-30-16-7-17-31-56/h3-48H,1-2H3. The molecule has 0 amide bonds. The summed E-state index contributed by atoms with van der Waals surface area (Å²) in [6.45, 7) is 4.63. The van der Waals surface area contributed by atoms with Gasteiger partial charge in [-0.1, -0.05) is 190 Å². The Balaban J connectivity index is 1.06. The molecule has 0 spiro atoms. The first-order chi connectivity index (χ1) is 36.0. The fourth-order valence-electron chi connectivity index (χ4n) is 11.1. The minimum Gasteiger partial charge on any atom is -0.310 e. The Labute approximate surface area is 426 Å². The molecule has 0 aliphatic carbocycles. The molecule has 348 valence electrons. The fraction of sp³-hybridized carbons (Fsp3) is 0.0435. The van der Waals surface area contributed by atoms with Gasteiger partial charge in [0.2, 0.25) is 0 Å². The number of rotatable bonds is 11. The minimum absolute atomic E-state index is 0.178. The SMILES string of the molecule is CC(C)(c1ccccc1)c1ccc(-c2cc(N(c3ccccc3)c3ccc4c5ccccc5n(-c5ccccc5)c4c3)cc(N(c3ccccc3)c3ccc4c5ccccc5n(-c5ccccc5)c4c3)c2)cc1. The lowest BCUT2D eigenvalue weighted by Crippen LogP contribution is -2.18. The average Bonchev–Trinajstić information content (AvgIpc) is 3.97. The van der Waals surface area contributed by atoms with E-state index in [-0.39, 0.29) is 5.41 Å². The highest BCUT2D eigenvalue weighted by atomic mass is 15.2. The monoisotopic (exact) mass is 936 g/mol. The molecule has 4 nitrogen and oxygen atoms in total. The number of hydrogen-bond donors (Lipinski definition) is 0. The van der Waals surface area contributed by atoms with Crippen molar-refractivity contribution < 1.29 is 0 Å². The second-order valence-corrected chi connectivity index (χ2v) is 19.4. The van der Waals surface area contributed by atoms with Crippen LogP contribution < -0.4 is 9.80 Å². The zero-order chi connectivity index (χ0) is 48.9. The first kappa shape index (κ1) is 43.6. The number of benzene rings is 11. The van der Waals surface area contributed by atoms with Crippen molar-refractivity contribution in [1.82, 2.24) is 9.13 Å². The highest BCUT2D eigenvalue weighted by Crippen LogP contribution is 2.46. The second kappa shape index (κ2) is 18.1. The van der Waals surface area contributed by atoms with Crippen molar-refractivity contribution in [2.45, 2.75) is 19.3 Å². The van der Waals surface area contributed by atoms with Crippen molar-refractivity contribution in [2.24, 2.45) is 0 Å². The smallest absolute Gasteiger partial charge is 0.0561 e. The predicted octanol–water partition coefficient (Wildman–Crippen LogP) is 18.8.